The molecule has 1 rings (SSSR count). The van der Waals surface area contributed by atoms with Crippen LogP contribution in [0.4, 0.5) is 0 Å². The van der Waals surface area contributed by atoms with Crippen LogP contribution in [0, 0.1) is 0 Å². The van der Waals surface area contributed by atoms with E-state index in [1.54, 1.807) is 0 Å². The molecule has 1 aliphatic rings. The normalized spacial score (nSPS) is 34.1. The Balaban J connectivity index is 2.37. The highest BCUT2D eigenvalue weighted by Crippen LogP contribution is 2.17. The van der Waals surface area contributed by atoms with Crippen molar-refractivity contribution in [2.45, 2.75) is 31.3 Å². The first kappa shape index (κ1) is 11.4. The van der Waals surface area contributed by atoms with E-state index in [4.69, 9.17) is 9.84 Å². The molecule has 0 aromatic heterocycles. The molecule has 0 aliphatic carbocycles. The number of hydrogen-bond donors (Lipinski definition) is 3. The summed E-state index contributed by atoms with van der Waals surface area (Å²) in [6.45, 7) is 0.945. The highest BCUT2D eigenvalue weighted by atomic mass is 16.6. The highest BCUT2D eigenvalue weighted by Gasteiger charge is 2.39. The second-order valence-electron chi connectivity index (χ2n) is 3.23. The Kier molecular flexibility index (Phi) is 3.82. The molecule has 0 spiro atoms. The Morgan fingerprint density at radius 3 is 2.71 bits per heavy atom. The van der Waals surface area contributed by atoms with Crippen LogP contribution in [0.5, 0.6) is 0 Å². The molecule has 1 aliphatic heterocycles. The minimum Gasteiger partial charge on any atom is -0.463 e. The first-order chi connectivity index (χ1) is 6.52. The fourth-order valence-corrected chi connectivity index (χ4v) is 1.26. The van der Waals surface area contributed by atoms with Gasteiger partial charge in [0.25, 0.3) is 0 Å². The molecule has 0 aromatic carbocycles. The van der Waals surface area contributed by atoms with Gasteiger partial charge in [-0.1, -0.05) is 0 Å². The average Bonchev–Trinajstić information content (AvgIpc) is 2.44. The fraction of sp³-hybridized carbons (Fsp3) is 0.875. The number of aliphatic hydroxyl groups excluding tert-OH is 3. The van der Waals surface area contributed by atoms with Crippen molar-refractivity contribution in [3.05, 3.63) is 0 Å². The summed E-state index contributed by atoms with van der Waals surface area (Å²) in [6, 6.07) is 0. The average molecular weight is 206 g/mol. The SMILES string of the molecule is CC(=O)OC[C@@H](O)[C@H]1OC[C@@H](O)C1O. The number of carbonyl (C=O) groups excluding carboxylic acids is 1. The van der Waals surface area contributed by atoms with Crippen molar-refractivity contribution in [3.8, 4) is 0 Å². The lowest BCUT2D eigenvalue weighted by molar-refractivity contribution is -0.148. The number of rotatable bonds is 3. The van der Waals surface area contributed by atoms with Gasteiger partial charge in [-0.15, -0.1) is 0 Å². The molecule has 4 atom stereocenters. The molecule has 0 aromatic rings. The van der Waals surface area contributed by atoms with Gasteiger partial charge in [0.15, 0.2) is 0 Å². The van der Waals surface area contributed by atoms with Crippen molar-refractivity contribution in [1.29, 1.82) is 0 Å². The third-order valence-electron chi connectivity index (χ3n) is 2.03. The van der Waals surface area contributed by atoms with Gasteiger partial charge in [-0.2, -0.15) is 0 Å². The molecule has 0 amide bonds. The van der Waals surface area contributed by atoms with Crippen molar-refractivity contribution in [2.75, 3.05) is 13.2 Å². The van der Waals surface area contributed by atoms with Gasteiger partial charge in [-0.05, 0) is 0 Å². The van der Waals surface area contributed by atoms with Crippen molar-refractivity contribution in [2.24, 2.45) is 0 Å². The smallest absolute Gasteiger partial charge is 0.302 e. The fourth-order valence-electron chi connectivity index (χ4n) is 1.26. The van der Waals surface area contributed by atoms with Gasteiger partial charge in [0, 0.05) is 6.92 Å². The van der Waals surface area contributed by atoms with Gasteiger partial charge in [0.05, 0.1) is 6.61 Å². The maximum absolute atomic E-state index is 10.4. The second kappa shape index (κ2) is 4.70. The van der Waals surface area contributed by atoms with Crippen LogP contribution in [0.15, 0.2) is 0 Å². The predicted molar refractivity (Wildman–Crippen MR) is 44.4 cm³/mol. The van der Waals surface area contributed by atoms with Crippen LogP contribution in [0.1, 0.15) is 6.92 Å². The molecule has 1 unspecified atom stereocenters. The van der Waals surface area contributed by atoms with Crippen molar-refractivity contribution < 1.29 is 29.6 Å². The molecule has 0 saturated carbocycles. The second-order valence-corrected chi connectivity index (χ2v) is 3.23. The van der Waals surface area contributed by atoms with Gasteiger partial charge < -0.3 is 24.8 Å². The van der Waals surface area contributed by atoms with Gasteiger partial charge >= 0.3 is 5.97 Å². The monoisotopic (exact) mass is 206 g/mol. The minimum absolute atomic E-state index is 0.0248. The first-order valence-corrected chi connectivity index (χ1v) is 4.31. The lowest BCUT2D eigenvalue weighted by Gasteiger charge is -2.20. The summed E-state index contributed by atoms with van der Waals surface area (Å²) in [5.74, 6) is -0.517. The van der Waals surface area contributed by atoms with E-state index >= 15 is 0 Å². The van der Waals surface area contributed by atoms with Crippen molar-refractivity contribution >= 4 is 5.97 Å². The first-order valence-electron chi connectivity index (χ1n) is 4.31. The van der Waals surface area contributed by atoms with Crippen LogP contribution in [0.25, 0.3) is 0 Å². The van der Waals surface area contributed by atoms with Crippen LogP contribution in [-0.2, 0) is 14.3 Å². The Hall–Kier alpha value is -0.690. The van der Waals surface area contributed by atoms with Crippen LogP contribution < -0.4 is 0 Å². The summed E-state index contributed by atoms with van der Waals surface area (Å²) in [5.41, 5.74) is 0. The predicted octanol–water partition coefficient (Wildman–Crippen LogP) is -1.97. The summed E-state index contributed by atoms with van der Waals surface area (Å²) in [7, 11) is 0. The van der Waals surface area contributed by atoms with E-state index in [1.165, 1.54) is 6.92 Å². The van der Waals surface area contributed by atoms with E-state index in [0.29, 0.717) is 0 Å². The number of esters is 1. The summed E-state index contributed by atoms with van der Waals surface area (Å²) >= 11 is 0. The van der Waals surface area contributed by atoms with E-state index in [9.17, 15) is 15.0 Å². The van der Waals surface area contributed by atoms with Crippen molar-refractivity contribution in [1.82, 2.24) is 0 Å². The Bertz CT molecular complexity index is 206. The molecular weight excluding hydrogens is 192 g/mol. The largest absolute Gasteiger partial charge is 0.463 e. The highest BCUT2D eigenvalue weighted by molar-refractivity contribution is 5.65. The molecule has 6 nitrogen and oxygen atoms in total. The van der Waals surface area contributed by atoms with Gasteiger partial charge in [-0.3, -0.25) is 4.79 Å². The zero-order valence-electron chi connectivity index (χ0n) is 7.79. The Morgan fingerprint density at radius 2 is 2.29 bits per heavy atom. The molecule has 82 valence electrons. The third kappa shape index (κ3) is 2.65. The number of aliphatic hydroxyl groups is 3. The van der Waals surface area contributed by atoms with Gasteiger partial charge in [0.2, 0.25) is 0 Å². The van der Waals surface area contributed by atoms with Crippen LogP contribution in [-0.4, -0.2) is 58.9 Å². The zero-order valence-corrected chi connectivity index (χ0v) is 7.79. The molecule has 1 saturated heterocycles. The van der Waals surface area contributed by atoms with Gasteiger partial charge in [0.1, 0.15) is 31.0 Å². The van der Waals surface area contributed by atoms with Gasteiger partial charge in [-0.25, -0.2) is 0 Å². The summed E-state index contributed by atoms with van der Waals surface area (Å²) in [5, 5.41) is 27.8. The molecule has 1 heterocycles. The molecule has 0 bridgehead atoms. The molecule has 6 heteroatoms. The topological polar surface area (TPSA) is 96.2 Å². The van der Waals surface area contributed by atoms with Crippen LogP contribution in [0.3, 0.4) is 0 Å². The van der Waals surface area contributed by atoms with Crippen LogP contribution >= 0.6 is 0 Å². The van der Waals surface area contributed by atoms with E-state index in [2.05, 4.69) is 4.74 Å². The minimum atomic E-state index is -1.14. The lowest BCUT2D eigenvalue weighted by atomic mass is 10.1. The van der Waals surface area contributed by atoms with E-state index in [-0.39, 0.29) is 13.2 Å². The molecule has 14 heavy (non-hydrogen) atoms. The number of ether oxygens (including phenoxy) is 2. The van der Waals surface area contributed by atoms with Crippen molar-refractivity contribution in [3.63, 3.8) is 0 Å². The Labute approximate surface area is 81.1 Å². The third-order valence-corrected chi connectivity index (χ3v) is 2.03. The van der Waals surface area contributed by atoms with E-state index in [1.807, 2.05) is 0 Å². The molecule has 1 fully saturated rings. The molecular formula is C8H14O6. The standard InChI is InChI=1S/C8H14O6/c1-4(9)13-3-6(11)8-7(12)5(10)2-14-8/h5-8,10-12H,2-3H2,1H3/t5-,6-,7?,8-/m1/s1. The lowest BCUT2D eigenvalue weighted by Crippen LogP contribution is -2.41. The molecule has 0 radical (unpaired) electrons. The maximum atomic E-state index is 10.4. The number of carbonyl (C=O) groups is 1. The zero-order chi connectivity index (χ0) is 10.7. The summed E-state index contributed by atoms with van der Waals surface area (Å²) in [6.07, 6.45) is -4.15. The van der Waals surface area contributed by atoms with E-state index < -0.39 is 30.4 Å². The quantitative estimate of drug-likeness (QED) is 0.464. The summed E-state index contributed by atoms with van der Waals surface area (Å²) < 4.78 is 9.47. The van der Waals surface area contributed by atoms with Crippen LogP contribution in [0.2, 0.25) is 0 Å². The molecule has 3 N–H and O–H groups in total. The Morgan fingerprint density at radius 1 is 1.64 bits per heavy atom. The number of hydrogen-bond acceptors (Lipinski definition) is 6. The summed E-state index contributed by atoms with van der Waals surface area (Å²) in [4.78, 5) is 10.4. The maximum Gasteiger partial charge on any atom is 0.302 e. The van der Waals surface area contributed by atoms with E-state index in [0.717, 1.165) is 0 Å².